The molecule has 1 N–H and O–H groups in total. The molecule has 2 atom stereocenters. The number of hydrogen-bond donors (Lipinski definition) is 1. The van der Waals surface area contributed by atoms with E-state index in [0.29, 0.717) is 12.1 Å². The molecule has 4 heteroatoms. The van der Waals surface area contributed by atoms with E-state index in [0.717, 1.165) is 32.6 Å². The quantitative estimate of drug-likeness (QED) is 0.841. The normalized spacial score (nSPS) is 27.9. The molecule has 110 valence electrons. The third-order valence-corrected chi connectivity index (χ3v) is 4.64. The predicted octanol–water partition coefficient (Wildman–Crippen LogP) is 1.46. The highest BCUT2D eigenvalue weighted by molar-refractivity contribution is 5.73. The Morgan fingerprint density at radius 1 is 1.21 bits per heavy atom. The van der Waals surface area contributed by atoms with Gasteiger partial charge in [0.05, 0.1) is 0 Å². The number of carbonyl (C=O) groups excluding carboxylic acids is 1. The van der Waals surface area contributed by atoms with Crippen LogP contribution < -0.4 is 5.32 Å². The summed E-state index contributed by atoms with van der Waals surface area (Å²) in [4.78, 5) is 16.0. The molecule has 2 aliphatic rings. The van der Waals surface area contributed by atoms with Crippen molar-refractivity contribution in [2.45, 2.75) is 58.0 Å². The second kappa shape index (κ2) is 7.25. The Kier molecular flexibility index (Phi) is 5.64. The van der Waals surface area contributed by atoms with E-state index in [1.807, 2.05) is 4.90 Å². The Bertz CT molecular complexity index is 289. The smallest absolute Gasteiger partial charge is 0.219 e. The van der Waals surface area contributed by atoms with Crippen LogP contribution in [-0.4, -0.2) is 60.5 Å². The summed E-state index contributed by atoms with van der Waals surface area (Å²) < 4.78 is 0. The van der Waals surface area contributed by atoms with E-state index >= 15 is 0 Å². The average molecular weight is 267 g/mol. The van der Waals surface area contributed by atoms with Crippen molar-refractivity contribution in [3.63, 3.8) is 0 Å². The molecule has 19 heavy (non-hydrogen) atoms. The van der Waals surface area contributed by atoms with Crippen LogP contribution in [0, 0.1) is 0 Å². The van der Waals surface area contributed by atoms with Crippen molar-refractivity contribution in [3.8, 4) is 0 Å². The van der Waals surface area contributed by atoms with Crippen molar-refractivity contribution in [3.05, 3.63) is 0 Å². The van der Waals surface area contributed by atoms with Gasteiger partial charge in [0.25, 0.3) is 0 Å². The molecule has 1 amide bonds. The van der Waals surface area contributed by atoms with Crippen LogP contribution in [0.2, 0.25) is 0 Å². The van der Waals surface area contributed by atoms with Crippen LogP contribution in [0.25, 0.3) is 0 Å². The molecule has 4 nitrogen and oxygen atoms in total. The van der Waals surface area contributed by atoms with E-state index in [9.17, 15) is 4.79 Å². The molecule has 2 aliphatic heterocycles. The summed E-state index contributed by atoms with van der Waals surface area (Å²) in [6, 6.07) is 1.33. The van der Waals surface area contributed by atoms with Crippen LogP contribution >= 0.6 is 0 Å². The molecule has 2 heterocycles. The van der Waals surface area contributed by atoms with Gasteiger partial charge < -0.3 is 10.2 Å². The Hall–Kier alpha value is -0.610. The van der Waals surface area contributed by atoms with Crippen molar-refractivity contribution < 1.29 is 4.79 Å². The van der Waals surface area contributed by atoms with Gasteiger partial charge in [-0.25, -0.2) is 0 Å². The van der Waals surface area contributed by atoms with E-state index in [-0.39, 0.29) is 5.91 Å². The first kappa shape index (κ1) is 14.8. The number of nitrogens with zero attached hydrogens (tertiary/aromatic N) is 2. The lowest BCUT2D eigenvalue weighted by atomic mass is 9.98. The van der Waals surface area contributed by atoms with Crippen LogP contribution in [0.1, 0.15) is 46.0 Å². The van der Waals surface area contributed by atoms with Crippen LogP contribution in [-0.2, 0) is 4.79 Å². The van der Waals surface area contributed by atoms with Crippen LogP contribution in [0.5, 0.6) is 0 Å². The zero-order valence-corrected chi connectivity index (χ0v) is 12.5. The molecule has 2 fully saturated rings. The Morgan fingerprint density at radius 2 is 2.05 bits per heavy atom. The van der Waals surface area contributed by atoms with Gasteiger partial charge >= 0.3 is 0 Å². The maximum Gasteiger partial charge on any atom is 0.219 e. The van der Waals surface area contributed by atoms with Gasteiger partial charge in [-0.2, -0.15) is 0 Å². The van der Waals surface area contributed by atoms with Crippen molar-refractivity contribution in [1.29, 1.82) is 0 Å². The van der Waals surface area contributed by atoms with Gasteiger partial charge in [0.2, 0.25) is 5.91 Å². The van der Waals surface area contributed by atoms with E-state index in [2.05, 4.69) is 17.1 Å². The minimum absolute atomic E-state index is 0.225. The lowest BCUT2D eigenvalue weighted by Gasteiger charge is -2.32. The van der Waals surface area contributed by atoms with Crippen LogP contribution in [0.3, 0.4) is 0 Å². The third-order valence-electron chi connectivity index (χ3n) is 4.64. The summed E-state index contributed by atoms with van der Waals surface area (Å²) in [7, 11) is 0. The minimum atomic E-state index is 0.225. The molecule has 0 aromatic heterocycles. The van der Waals surface area contributed by atoms with Crippen molar-refractivity contribution in [1.82, 2.24) is 15.1 Å². The Labute approximate surface area is 117 Å². The molecule has 0 aromatic rings. The molecule has 2 unspecified atom stereocenters. The fourth-order valence-corrected chi connectivity index (χ4v) is 3.38. The Balaban J connectivity index is 1.78. The molecule has 0 bridgehead atoms. The number of hydrogen-bond acceptors (Lipinski definition) is 3. The first-order chi connectivity index (χ1) is 9.16. The maximum absolute atomic E-state index is 11.4. The molecule has 0 aromatic carbocycles. The first-order valence-electron chi connectivity index (χ1n) is 7.90. The second-order valence-corrected chi connectivity index (χ2v) is 6.13. The van der Waals surface area contributed by atoms with Gasteiger partial charge in [-0.15, -0.1) is 0 Å². The summed E-state index contributed by atoms with van der Waals surface area (Å²) in [5.41, 5.74) is 0. The largest absolute Gasteiger partial charge is 0.342 e. The number of nitrogens with one attached hydrogen (secondary N) is 1. The standard InChI is InChI=1S/C15H29N3O/c1-13(12-15-6-3-4-7-16-15)17-8-5-9-18(11-10-17)14(2)19/h13,15-16H,3-12H2,1-2H3. The summed E-state index contributed by atoms with van der Waals surface area (Å²) in [5.74, 6) is 0.225. The lowest BCUT2D eigenvalue weighted by Crippen LogP contribution is -2.43. The average Bonchev–Trinajstić information content (AvgIpc) is 2.65. The highest BCUT2D eigenvalue weighted by Crippen LogP contribution is 2.16. The number of piperidine rings is 1. The molecule has 0 spiro atoms. The van der Waals surface area contributed by atoms with Gasteiger partial charge in [-0.3, -0.25) is 9.69 Å². The summed E-state index contributed by atoms with van der Waals surface area (Å²) in [6.45, 7) is 9.23. The second-order valence-electron chi connectivity index (χ2n) is 6.13. The van der Waals surface area contributed by atoms with Gasteiger partial charge in [-0.05, 0) is 39.2 Å². The predicted molar refractivity (Wildman–Crippen MR) is 78.2 cm³/mol. The fourth-order valence-electron chi connectivity index (χ4n) is 3.38. The van der Waals surface area contributed by atoms with Gasteiger partial charge in [0.15, 0.2) is 0 Å². The number of carbonyl (C=O) groups is 1. The van der Waals surface area contributed by atoms with Crippen LogP contribution in [0.15, 0.2) is 0 Å². The molecule has 0 saturated carbocycles. The summed E-state index contributed by atoms with van der Waals surface area (Å²) >= 11 is 0. The SMILES string of the molecule is CC(=O)N1CCCN(C(C)CC2CCCCN2)CC1. The minimum Gasteiger partial charge on any atom is -0.342 e. The van der Waals surface area contributed by atoms with Crippen LogP contribution in [0.4, 0.5) is 0 Å². The zero-order valence-electron chi connectivity index (χ0n) is 12.5. The Morgan fingerprint density at radius 3 is 2.74 bits per heavy atom. The van der Waals surface area contributed by atoms with E-state index in [1.54, 1.807) is 6.92 Å². The number of amides is 1. The number of rotatable bonds is 3. The van der Waals surface area contributed by atoms with Gasteiger partial charge in [0.1, 0.15) is 0 Å². The fraction of sp³-hybridized carbons (Fsp3) is 0.933. The molecule has 2 saturated heterocycles. The van der Waals surface area contributed by atoms with E-state index in [4.69, 9.17) is 0 Å². The molecular weight excluding hydrogens is 238 g/mol. The third kappa shape index (κ3) is 4.46. The highest BCUT2D eigenvalue weighted by Gasteiger charge is 2.23. The van der Waals surface area contributed by atoms with E-state index < -0.39 is 0 Å². The zero-order chi connectivity index (χ0) is 13.7. The topological polar surface area (TPSA) is 35.6 Å². The molecule has 2 rings (SSSR count). The summed E-state index contributed by atoms with van der Waals surface area (Å²) in [6.07, 6.45) is 6.41. The van der Waals surface area contributed by atoms with Crippen molar-refractivity contribution in [2.24, 2.45) is 0 Å². The monoisotopic (exact) mass is 267 g/mol. The molecule has 0 radical (unpaired) electrons. The van der Waals surface area contributed by atoms with Gasteiger partial charge in [-0.1, -0.05) is 6.42 Å². The highest BCUT2D eigenvalue weighted by atomic mass is 16.2. The molecule has 0 aliphatic carbocycles. The summed E-state index contributed by atoms with van der Waals surface area (Å²) in [5, 5.41) is 3.64. The van der Waals surface area contributed by atoms with E-state index in [1.165, 1.54) is 32.2 Å². The lowest BCUT2D eigenvalue weighted by molar-refractivity contribution is -0.128. The maximum atomic E-state index is 11.4. The van der Waals surface area contributed by atoms with Crippen molar-refractivity contribution >= 4 is 5.91 Å². The molecular formula is C15H29N3O. The van der Waals surface area contributed by atoms with Crippen molar-refractivity contribution in [2.75, 3.05) is 32.7 Å². The first-order valence-corrected chi connectivity index (χ1v) is 7.90. The van der Waals surface area contributed by atoms with Gasteiger partial charge in [0, 0.05) is 45.2 Å².